The molecule has 0 fully saturated rings. The third-order valence-electron chi connectivity index (χ3n) is 3.19. The van der Waals surface area contributed by atoms with Crippen LogP contribution in [-0.4, -0.2) is 32.7 Å². The summed E-state index contributed by atoms with van der Waals surface area (Å²) in [6, 6.07) is 11.4. The minimum atomic E-state index is -0.120. The van der Waals surface area contributed by atoms with Crippen molar-refractivity contribution in [1.29, 1.82) is 0 Å². The lowest BCUT2D eigenvalue weighted by molar-refractivity contribution is -0.119. The first kappa shape index (κ1) is 15.1. The zero-order valence-corrected chi connectivity index (χ0v) is 13.2. The normalized spacial score (nSPS) is 10.4. The SMILES string of the molecule is C=CCN(C(=O)Cn1nnc(-c2ccsc2)n1)c1ccccc1. The van der Waals surface area contributed by atoms with Gasteiger partial charge >= 0.3 is 0 Å². The highest BCUT2D eigenvalue weighted by Gasteiger charge is 2.16. The predicted molar refractivity (Wildman–Crippen MR) is 90.1 cm³/mol. The second kappa shape index (κ2) is 6.97. The Kier molecular flexibility index (Phi) is 4.58. The van der Waals surface area contributed by atoms with Gasteiger partial charge in [0, 0.05) is 23.2 Å². The lowest BCUT2D eigenvalue weighted by atomic mass is 10.3. The van der Waals surface area contributed by atoms with Crippen LogP contribution in [0.5, 0.6) is 0 Å². The summed E-state index contributed by atoms with van der Waals surface area (Å²) in [4.78, 5) is 15.5. The van der Waals surface area contributed by atoms with Gasteiger partial charge in [-0.15, -0.1) is 16.8 Å². The molecule has 0 N–H and O–H groups in total. The topological polar surface area (TPSA) is 63.9 Å². The maximum Gasteiger partial charge on any atom is 0.250 e. The van der Waals surface area contributed by atoms with Crippen molar-refractivity contribution in [3.05, 3.63) is 59.8 Å². The van der Waals surface area contributed by atoms with Crippen LogP contribution in [0.2, 0.25) is 0 Å². The van der Waals surface area contributed by atoms with E-state index in [1.54, 1.807) is 22.3 Å². The number of hydrogen-bond donors (Lipinski definition) is 0. The van der Waals surface area contributed by atoms with E-state index in [0.717, 1.165) is 11.3 Å². The second-order valence-corrected chi connectivity index (χ2v) is 5.56. The van der Waals surface area contributed by atoms with Crippen molar-refractivity contribution in [3.8, 4) is 11.4 Å². The summed E-state index contributed by atoms with van der Waals surface area (Å²) in [5.41, 5.74) is 1.72. The van der Waals surface area contributed by atoms with E-state index in [2.05, 4.69) is 22.0 Å². The molecule has 6 nitrogen and oxygen atoms in total. The monoisotopic (exact) mass is 325 g/mol. The number of carbonyl (C=O) groups is 1. The summed E-state index contributed by atoms with van der Waals surface area (Å²) in [6.45, 7) is 4.16. The van der Waals surface area contributed by atoms with Crippen LogP contribution in [0.3, 0.4) is 0 Å². The molecular weight excluding hydrogens is 310 g/mol. The molecule has 2 aromatic heterocycles. The molecule has 3 aromatic rings. The Balaban J connectivity index is 1.75. The number of rotatable bonds is 6. The molecule has 0 saturated heterocycles. The standard InChI is InChI=1S/C16H15N5OS/c1-2-9-20(14-6-4-3-5-7-14)15(22)11-21-18-16(17-19-21)13-8-10-23-12-13/h2-8,10,12H,1,9,11H2. The summed E-state index contributed by atoms with van der Waals surface area (Å²) >= 11 is 1.56. The number of para-hydroxylation sites is 1. The van der Waals surface area contributed by atoms with Crippen molar-refractivity contribution < 1.29 is 4.79 Å². The fourth-order valence-corrected chi connectivity index (χ4v) is 2.75. The maximum atomic E-state index is 12.6. The molecule has 2 heterocycles. The lowest BCUT2D eigenvalue weighted by Gasteiger charge is -2.20. The van der Waals surface area contributed by atoms with Crippen LogP contribution in [0.15, 0.2) is 59.8 Å². The van der Waals surface area contributed by atoms with E-state index >= 15 is 0 Å². The third-order valence-corrected chi connectivity index (χ3v) is 3.87. The van der Waals surface area contributed by atoms with Crippen molar-refractivity contribution in [2.75, 3.05) is 11.4 Å². The Morgan fingerprint density at radius 2 is 2.13 bits per heavy atom. The quantitative estimate of drug-likeness (QED) is 0.654. The van der Waals surface area contributed by atoms with E-state index in [1.165, 1.54) is 4.80 Å². The number of anilines is 1. The molecule has 0 aliphatic carbocycles. The van der Waals surface area contributed by atoms with Gasteiger partial charge in [0.05, 0.1) is 0 Å². The van der Waals surface area contributed by atoms with Gasteiger partial charge in [0.1, 0.15) is 6.54 Å². The van der Waals surface area contributed by atoms with E-state index in [-0.39, 0.29) is 12.5 Å². The summed E-state index contributed by atoms with van der Waals surface area (Å²) in [5.74, 6) is 0.402. The fourth-order valence-electron chi connectivity index (χ4n) is 2.11. The van der Waals surface area contributed by atoms with Gasteiger partial charge in [-0.2, -0.15) is 16.1 Å². The molecular formula is C16H15N5OS. The first-order valence-electron chi connectivity index (χ1n) is 7.04. The van der Waals surface area contributed by atoms with Gasteiger partial charge in [0.25, 0.3) is 5.91 Å². The van der Waals surface area contributed by atoms with Gasteiger partial charge in [-0.05, 0) is 28.8 Å². The summed E-state index contributed by atoms with van der Waals surface area (Å²) in [6.07, 6.45) is 1.69. The molecule has 0 bridgehead atoms. The van der Waals surface area contributed by atoms with Crippen molar-refractivity contribution in [2.45, 2.75) is 6.54 Å². The van der Waals surface area contributed by atoms with Crippen LogP contribution in [-0.2, 0) is 11.3 Å². The molecule has 7 heteroatoms. The molecule has 1 amide bonds. The van der Waals surface area contributed by atoms with Gasteiger partial charge in [0.15, 0.2) is 0 Å². The number of amides is 1. The molecule has 0 saturated carbocycles. The van der Waals surface area contributed by atoms with Gasteiger partial charge in [-0.1, -0.05) is 24.3 Å². The van der Waals surface area contributed by atoms with Gasteiger partial charge in [0.2, 0.25) is 5.82 Å². The van der Waals surface area contributed by atoms with Crippen molar-refractivity contribution in [3.63, 3.8) is 0 Å². The molecule has 1 aromatic carbocycles. The number of carbonyl (C=O) groups excluding carboxylic acids is 1. The predicted octanol–water partition coefficient (Wildman–Crippen LogP) is 2.62. The van der Waals surface area contributed by atoms with Crippen LogP contribution in [0.4, 0.5) is 5.69 Å². The molecule has 23 heavy (non-hydrogen) atoms. The summed E-state index contributed by atoms with van der Waals surface area (Å²) in [5, 5.41) is 16.1. The Bertz CT molecular complexity index is 782. The Labute approximate surface area is 137 Å². The number of nitrogens with zero attached hydrogens (tertiary/aromatic N) is 5. The van der Waals surface area contributed by atoms with Crippen LogP contribution in [0.25, 0.3) is 11.4 Å². The molecule has 0 spiro atoms. The van der Waals surface area contributed by atoms with Crippen LogP contribution < -0.4 is 4.90 Å². The van der Waals surface area contributed by atoms with Gasteiger partial charge in [-0.25, -0.2) is 0 Å². The van der Waals surface area contributed by atoms with Gasteiger partial charge < -0.3 is 4.90 Å². The van der Waals surface area contributed by atoms with Crippen molar-refractivity contribution in [1.82, 2.24) is 20.2 Å². The highest BCUT2D eigenvalue weighted by molar-refractivity contribution is 7.08. The Morgan fingerprint density at radius 1 is 1.30 bits per heavy atom. The van der Waals surface area contributed by atoms with Crippen molar-refractivity contribution >= 4 is 22.9 Å². The zero-order chi connectivity index (χ0) is 16.1. The largest absolute Gasteiger partial charge is 0.307 e. The highest BCUT2D eigenvalue weighted by atomic mass is 32.1. The Morgan fingerprint density at radius 3 is 2.83 bits per heavy atom. The van der Waals surface area contributed by atoms with Crippen LogP contribution in [0, 0.1) is 0 Å². The Hall–Kier alpha value is -2.80. The number of aromatic nitrogens is 4. The average Bonchev–Trinajstić information content (AvgIpc) is 3.24. The van der Waals surface area contributed by atoms with Crippen molar-refractivity contribution in [2.24, 2.45) is 0 Å². The summed E-state index contributed by atoms with van der Waals surface area (Å²) < 4.78 is 0. The van der Waals surface area contributed by atoms with Gasteiger partial charge in [-0.3, -0.25) is 4.79 Å². The molecule has 0 unspecified atom stereocenters. The third kappa shape index (κ3) is 3.51. The fraction of sp³-hybridized carbons (Fsp3) is 0.125. The molecule has 0 radical (unpaired) electrons. The molecule has 0 aliphatic heterocycles. The van der Waals surface area contributed by atoms with Crippen LogP contribution >= 0.6 is 11.3 Å². The van der Waals surface area contributed by atoms with E-state index in [9.17, 15) is 4.79 Å². The zero-order valence-electron chi connectivity index (χ0n) is 12.4. The van der Waals surface area contributed by atoms with E-state index in [1.807, 2.05) is 47.2 Å². The first-order chi connectivity index (χ1) is 11.3. The minimum absolute atomic E-state index is 0.0277. The smallest absolute Gasteiger partial charge is 0.250 e. The van der Waals surface area contributed by atoms with E-state index in [0.29, 0.717) is 12.4 Å². The first-order valence-corrected chi connectivity index (χ1v) is 7.99. The lowest BCUT2D eigenvalue weighted by Crippen LogP contribution is -2.34. The molecule has 0 aliphatic rings. The summed E-state index contributed by atoms with van der Waals surface area (Å²) in [7, 11) is 0. The molecule has 3 rings (SSSR count). The number of thiophene rings is 1. The minimum Gasteiger partial charge on any atom is -0.307 e. The maximum absolute atomic E-state index is 12.6. The van der Waals surface area contributed by atoms with Crippen LogP contribution in [0.1, 0.15) is 0 Å². The van der Waals surface area contributed by atoms with E-state index < -0.39 is 0 Å². The molecule has 116 valence electrons. The van der Waals surface area contributed by atoms with E-state index in [4.69, 9.17) is 0 Å². The number of benzene rings is 1. The number of hydrogen-bond acceptors (Lipinski definition) is 5. The average molecular weight is 325 g/mol. The highest BCUT2D eigenvalue weighted by Crippen LogP contribution is 2.17. The molecule has 0 atom stereocenters. The second-order valence-electron chi connectivity index (χ2n) is 4.78. The number of tetrazole rings is 1.